The molecule has 0 bridgehead atoms. The lowest BCUT2D eigenvalue weighted by Crippen LogP contribution is -1.99. The summed E-state index contributed by atoms with van der Waals surface area (Å²) in [4.78, 5) is 0. The van der Waals surface area contributed by atoms with Crippen molar-refractivity contribution >= 4 is 11.6 Å². The largest absolute Gasteiger partial charge is 0.264 e. The maximum Gasteiger partial charge on any atom is 0.264 e. The van der Waals surface area contributed by atoms with Crippen LogP contribution in [-0.4, -0.2) is 10.2 Å². The Bertz CT molecular complexity index is 585. The first-order valence-corrected chi connectivity index (χ1v) is 5.77. The van der Waals surface area contributed by atoms with E-state index in [9.17, 15) is 8.78 Å². The highest BCUT2D eigenvalue weighted by Crippen LogP contribution is 2.32. The van der Waals surface area contributed by atoms with Gasteiger partial charge >= 0.3 is 0 Å². The first-order chi connectivity index (χ1) is 8.52. The summed E-state index contributed by atoms with van der Waals surface area (Å²) >= 11 is 5.85. The standard InChI is InChI=1S/C13H11ClF2N2/c1-7-8(2)12(14)18-17-11(7)9-5-3-4-6-10(9)13(15)16/h3-6,13H,1-2H3. The van der Waals surface area contributed by atoms with Crippen molar-refractivity contribution in [2.24, 2.45) is 0 Å². The second-order valence-corrected chi connectivity index (χ2v) is 4.34. The zero-order valence-corrected chi connectivity index (χ0v) is 10.7. The van der Waals surface area contributed by atoms with E-state index >= 15 is 0 Å². The molecule has 0 aliphatic heterocycles. The molecule has 0 radical (unpaired) electrons. The predicted octanol–water partition coefficient (Wildman–Crippen LogP) is 4.35. The molecule has 2 aromatic rings. The molecule has 0 saturated heterocycles. The number of aromatic nitrogens is 2. The monoisotopic (exact) mass is 268 g/mol. The zero-order valence-electron chi connectivity index (χ0n) is 9.92. The van der Waals surface area contributed by atoms with Gasteiger partial charge in [-0.25, -0.2) is 8.78 Å². The Labute approximate surface area is 109 Å². The molecule has 0 saturated carbocycles. The molecule has 94 valence electrons. The number of halogens is 3. The highest BCUT2D eigenvalue weighted by molar-refractivity contribution is 6.30. The molecule has 0 N–H and O–H groups in total. The van der Waals surface area contributed by atoms with Crippen molar-refractivity contribution in [1.82, 2.24) is 10.2 Å². The summed E-state index contributed by atoms with van der Waals surface area (Å²) < 4.78 is 25.9. The van der Waals surface area contributed by atoms with Gasteiger partial charge in [0.2, 0.25) is 0 Å². The number of nitrogens with zero attached hydrogens (tertiary/aromatic N) is 2. The van der Waals surface area contributed by atoms with E-state index in [1.54, 1.807) is 32.0 Å². The molecule has 0 unspecified atom stereocenters. The van der Waals surface area contributed by atoms with E-state index in [1.165, 1.54) is 6.07 Å². The minimum Gasteiger partial charge on any atom is -0.205 e. The third kappa shape index (κ3) is 2.20. The molecule has 0 aliphatic rings. The van der Waals surface area contributed by atoms with Gasteiger partial charge in [0.15, 0.2) is 5.15 Å². The van der Waals surface area contributed by atoms with Crippen LogP contribution in [0.1, 0.15) is 23.1 Å². The fourth-order valence-corrected chi connectivity index (χ4v) is 1.91. The fourth-order valence-electron chi connectivity index (χ4n) is 1.74. The fraction of sp³-hybridized carbons (Fsp3) is 0.231. The summed E-state index contributed by atoms with van der Waals surface area (Å²) in [7, 11) is 0. The van der Waals surface area contributed by atoms with E-state index in [-0.39, 0.29) is 5.56 Å². The maximum atomic E-state index is 13.0. The Hall–Kier alpha value is -1.55. The predicted molar refractivity (Wildman–Crippen MR) is 66.9 cm³/mol. The third-order valence-electron chi connectivity index (χ3n) is 2.92. The van der Waals surface area contributed by atoms with Crippen molar-refractivity contribution in [3.8, 4) is 11.3 Å². The van der Waals surface area contributed by atoms with Crippen LogP contribution in [0.2, 0.25) is 5.15 Å². The molecule has 1 aromatic carbocycles. The Morgan fingerprint density at radius 3 is 2.39 bits per heavy atom. The number of hydrogen-bond acceptors (Lipinski definition) is 2. The van der Waals surface area contributed by atoms with Crippen LogP contribution >= 0.6 is 11.6 Å². The summed E-state index contributed by atoms with van der Waals surface area (Å²) in [5.74, 6) is 0. The molecule has 18 heavy (non-hydrogen) atoms. The molecule has 0 amide bonds. The van der Waals surface area contributed by atoms with E-state index in [0.29, 0.717) is 16.4 Å². The first kappa shape index (κ1) is 12.9. The number of benzene rings is 1. The summed E-state index contributed by atoms with van der Waals surface area (Å²) in [5, 5.41) is 8.02. The van der Waals surface area contributed by atoms with Gasteiger partial charge in [0.05, 0.1) is 5.69 Å². The molecule has 0 aliphatic carbocycles. The van der Waals surface area contributed by atoms with Crippen LogP contribution in [0.25, 0.3) is 11.3 Å². The Morgan fingerprint density at radius 2 is 1.72 bits per heavy atom. The summed E-state index contributed by atoms with van der Waals surface area (Å²) in [6.07, 6.45) is -2.54. The maximum absolute atomic E-state index is 13.0. The molecular formula is C13H11ClF2N2. The van der Waals surface area contributed by atoms with Gasteiger partial charge < -0.3 is 0 Å². The topological polar surface area (TPSA) is 25.8 Å². The van der Waals surface area contributed by atoms with Crippen LogP contribution in [0.5, 0.6) is 0 Å². The molecule has 2 rings (SSSR count). The van der Waals surface area contributed by atoms with Crippen LogP contribution in [0, 0.1) is 13.8 Å². The summed E-state index contributed by atoms with van der Waals surface area (Å²) in [5.41, 5.74) is 2.33. The van der Waals surface area contributed by atoms with Crippen molar-refractivity contribution in [3.05, 3.63) is 46.1 Å². The summed E-state index contributed by atoms with van der Waals surface area (Å²) in [6, 6.07) is 6.29. The molecule has 0 fully saturated rings. The third-order valence-corrected chi connectivity index (χ3v) is 3.28. The van der Waals surface area contributed by atoms with Crippen LogP contribution in [-0.2, 0) is 0 Å². The van der Waals surface area contributed by atoms with Crippen molar-refractivity contribution < 1.29 is 8.78 Å². The van der Waals surface area contributed by atoms with E-state index < -0.39 is 6.43 Å². The molecular weight excluding hydrogens is 258 g/mol. The van der Waals surface area contributed by atoms with Crippen molar-refractivity contribution in [2.45, 2.75) is 20.3 Å². The van der Waals surface area contributed by atoms with Gasteiger partial charge in [-0.2, -0.15) is 0 Å². The highest BCUT2D eigenvalue weighted by Gasteiger charge is 2.17. The molecule has 5 heteroatoms. The van der Waals surface area contributed by atoms with Crippen LogP contribution in [0.15, 0.2) is 24.3 Å². The van der Waals surface area contributed by atoms with E-state index in [4.69, 9.17) is 11.6 Å². The van der Waals surface area contributed by atoms with Gasteiger partial charge in [0, 0.05) is 11.1 Å². The second-order valence-electron chi connectivity index (χ2n) is 3.98. The molecule has 0 spiro atoms. The quantitative estimate of drug-likeness (QED) is 0.809. The molecule has 1 heterocycles. The number of rotatable bonds is 2. The lowest BCUT2D eigenvalue weighted by atomic mass is 10.00. The van der Waals surface area contributed by atoms with Crippen LogP contribution in [0.3, 0.4) is 0 Å². The van der Waals surface area contributed by atoms with Crippen molar-refractivity contribution in [3.63, 3.8) is 0 Å². The molecule has 0 atom stereocenters. The Morgan fingerprint density at radius 1 is 1.06 bits per heavy atom. The first-order valence-electron chi connectivity index (χ1n) is 5.39. The van der Waals surface area contributed by atoms with Gasteiger partial charge in [0.25, 0.3) is 6.43 Å². The molecule has 2 nitrogen and oxygen atoms in total. The van der Waals surface area contributed by atoms with E-state index in [0.717, 1.165) is 11.1 Å². The Balaban J connectivity index is 2.66. The average molecular weight is 269 g/mol. The van der Waals surface area contributed by atoms with Gasteiger partial charge in [-0.3, -0.25) is 0 Å². The van der Waals surface area contributed by atoms with Gasteiger partial charge in [-0.1, -0.05) is 35.9 Å². The van der Waals surface area contributed by atoms with Gasteiger partial charge in [-0.05, 0) is 25.0 Å². The Kier molecular flexibility index (Phi) is 3.57. The summed E-state index contributed by atoms with van der Waals surface area (Å²) in [6.45, 7) is 3.59. The van der Waals surface area contributed by atoms with Gasteiger partial charge in [-0.15, -0.1) is 10.2 Å². The SMILES string of the molecule is Cc1c(Cl)nnc(-c2ccccc2C(F)F)c1C. The highest BCUT2D eigenvalue weighted by atomic mass is 35.5. The van der Waals surface area contributed by atoms with Gasteiger partial charge in [0.1, 0.15) is 0 Å². The zero-order chi connectivity index (χ0) is 13.3. The van der Waals surface area contributed by atoms with Crippen LogP contribution in [0.4, 0.5) is 8.78 Å². The van der Waals surface area contributed by atoms with E-state index in [2.05, 4.69) is 10.2 Å². The smallest absolute Gasteiger partial charge is 0.205 e. The van der Waals surface area contributed by atoms with Crippen molar-refractivity contribution in [1.29, 1.82) is 0 Å². The average Bonchev–Trinajstić information content (AvgIpc) is 2.36. The number of alkyl halides is 2. The number of hydrogen-bond donors (Lipinski definition) is 0. The second kappa shape index (κ2) is 4.98. The van der Waals surface area contributed by atoms with Crippen molar-refractivity contribution in [2.75, 3.05) is 0 Å². The van der Waals surface area contributed by atoms with Crippen LogP contribution < -0.4 is 0 Å². The molecule has 1 aromatic heterocycles. The minimum absolute atomic E-state index is 0.0448. The normalized spacial score (nSPS) is 11.0. The lowest BCUT2D eigenvalue weighted by molar-refractivity contribution is 0.152. The lowest BCUT2D eigenvalue weighted by Gasteiger charge is -2.11. The van der Waals surface area contributed by atoms with E-state index in [1.807, 2.05) is 0 Å². The minimum atomic E-state index is -2.54.